The molecule has 4 rings (SSSR count). The number of carbonyl (C=O) groups excluding carboxylic acids is 1. The summed E-state index contributed by atoms with van der Waals surface area (Å²) in [5.74, 6) is 0.0990. The van der Waals surface area contributed by atoms with Gasteiger partial charge in [-0.05, 0) is 34.4 Å². The van der Waals surface area contributed by atoms with Crippen molar-refractivity contribution in [2.24, 2.45) is 0 Å². The summed E-state index contributed by atoms with van der Waals surface area (Å²) >= 11 is 1.56. The van der Waals surface area contributed by atoms with Gasteiger partial charge in [-0.15, -0.1) is 11.3 Å². The highest BCUT2D eigenvalue weighted by Crippen LogP contribution is 2.28. The van der Waals surface area contributed by atoms with Crippen LogP contribution in [-0.4, -0.2) is 5.78 Å². The van der Waals surface area contributed by atoms with Crippen LogP contribution in [0.1, 0.15) is 15.2 Å². The van der Waals surface area contributed by atoms with Crippen molar-refractivity contribution in [2.75, 3.05) is 0 Å². The van der Waals surface area contributed by atoms with Crippen molar-refractivity contribution in [3.05, 3.63) is 83.2 Å². The van der Waals surface area contributed by atoms with Crippen LogP contribution in [0.4, 0.5) is 0 Å². The van der Waals surface area contributed by atoms with Gasteiger partial charge in [-0.25, -0.2) is 0 Å². The van der Waals surface area contributed by atoms with Gasteiger partial charge in [0.15, 0.2) is 0 Å². The molecule has 3 aromatic carbocycles. The Bertz CT molecular complexity index is 932. The molecule has 0 amide bonds. The first-order valence-corrected chi connectivity index (χ1v) is 7.65. The van der Waals surface area contributed by atoms with E-state index >= 15 is 0 Å². The first kappa shape index (κ1) is 12.3. The van der Waals surface area contributed by atoms with Crippen molar-refractivity contribution >= 4 is 38.0 Å². The molecule has 1 nitrogen and oxygen atoms in total. The summed E-state index contributed by atoms with van der Waals surface area (Å²) in [6.07, 6.45) is 0. The number of thiophene rings is 1. The van der Waals surface area contributed by atoms with Gasteiger partial charge in [0.1, 0.15) is 0 Å². The second-order valence-corrected chi connectivity index (χ2v) is 6.12. The van der Waals surface area contributed by atoms with Crippen molar-refractivity contribution in [1.29, 1.82) is 0 Å². The number of hydrogen-bond donors (Lipinski definition) is 0. The van der Waals surface area contributed by atoms with E-state index in [0.29, 0.717) is 0 Å². The summed E-state index contributed by atoms with van der Waals surface area (Å²) in [6, 6.07) is 24.1. The summed E-state index contributed by atoms with van der Waals surface area (Å²) in [7, 11) is 0. The first-order valence-electron chi connectivity index (χ1n) is 6.83. The molecule has 0 unspecified atom stereocenters. The van der Waals surface area contributed by atoms with Gasteiger partial charge >= 0.3 is 0 Å². The zero-order chi connectivity index (χ0) is 14.2. The van der Waals surface area contributed by atoms with E-state index < -0.39 is 0 Å². The van der Waals surface area contributed by atoms with Crippen LogP contribution in [0.15, 0.2) is 72.8 Å². The van der Waals surface area contributed by atoms with E-state index in [9.17, 15) is 4.79 Å². The number of fused-ring (bicyclic) bond motifs is 2. The minimum absolute atomic E-state index is 0.0990. The highest BCUT2D eigenvalue weighted by molar-refractivity contribution is 7.21. The monoisotopic (exact) mass is 288 g/mol. The third-order valence-electron chi connectivity index (χ3n) is 3.66. The molecule has 0 aliphatic carbocycles. The van der Waals surface area contributed by atoms with Gasteiger partial charge in [-0.1, -0.05) is 54.6 Å². The van der Waals surface area contributed by atoms with Gasteiger partial charge in [0.05, 0.1) is 4.88 Å². The van der Waals surface area contributed by atoms with Gasteiger partial charge in [0.2, 0.25) is 5.78 Å². The average Bonchev–Trinajstić information content (AvgIpc) is 2.97. The molecule has 21 heavy (non-hydrogen) atoms. The lowest BCUT2D eigenvalue weighted by atomic mass is 10.0. The number of ketones is 1. The molecule has 0 bridgehead atoms. The van der Waals surface area contributed by atoms with Crippen LogP contribution in [-0.2, 0) is 0 Å². The maximum Gasteiger partial charge on any atom is 0.203 e. The molecule has 0 atom stereocenters. The van der Waals surface area contributed by atoms with E-state index in [1.54, 1.807) is 11.3 Å². The van der Waals surface area contributed by atoms with Crippen molar-refractivity contribution < 1.29 is 4.79 Å². The Balaban J connectivity index is 1.81. The maximum atomic E-state index is 12.7. The van der Waals surface area contributed by atoms with Crippen LogP contribution in [0.2, 0.25) is 0 Å². The largest absolute Gasteiger partial charge is 0.288 e. The molecule has 0 saturated heterocycles. The van der Waals surface area contributed by atoms with Crippen LogP contribution in [0.3, 0.4) is 0 Å². The van der Waals surface area contributed by atoms with Crippen molar-refractivity contribution in [3.63, 3.8) is 0 Å². The van der Waals surface area contributed by atoms with E-state index in [1.807, 2.05) is 60.7 Å². The fourth-order valence-corrected chi connectivity index (χ4v) is 3.59. The second kappa shape index (κ2) is 4.83. The molecule has 0 aliphatic rings. The lowest BCUT2D eigenvalue weighted by Crippen LogP contribution is -1.97. The zero-order valence-corrected chi connectivity index (χ0v) is 12.1. The molecular formula is C19H12OS. The molecule has 0 spiro atoms. The molecule has 0 N–H and O–H groups in total. The molecule has 0 aliphatic heterocycles. The minimum atomic E-state index is 0.0990. The van der Waals surface area contributed by atoms with Crippen LogP contribution in [0.5, 0.6) is 0 Å². The Labute approximate surface area is 126 Å². The maximum absolute atomic E-state index is 12.7. The van der Waals surface area contributed by atoms with Gasteiger partial charge in [-0.3, -0.25) is 4.79 Å². The number of carbonyl (C=O) groups is 1. The lowest BCUT2D eigenvalue weighted by molar-refractivity contribution is 0.104. The van der Waals surface area contributed by atoms with Gasteiger partial charge in [0.25, 0.3) is 0 Å². The highest BCUT2D eigenvalue weighted by atomic mass is 32.1. The predicted molar refractivity (Wildman–Crippen MR) is 89.2 cm³/mol. The van der Waals surface area contributed by atoms with E-state index in [2.05, 4.69) is 12.1 Å². The van der Waals surface area contributed by atoms with Gasteiger partial charge in [-0.2, -0.15) is 0 Å². The lowest BCUT2D eigenvalue weighted by Gasteiger charge is -2.01. The molecule has 1 aromatic heterocycles. The highest BCUT2D eigenvalue weighted by Gasteiger charge is 2.12. The standard InChI is InChI=1S/C19H12OS/c20-19(18-12-15-7-3-4-8-17(15)21-18)16-10-9-13-5-1-2-6-14(13)11-16/h1-12H. The van der Waals surface area contributed by atoms with Crippen LogP contribution < -0.4 is 0 Å². The molecule has 4 aromatic rings. The van der Waals surface area contributed by atoms with Crippen LogP contribution >= 0.6 is 11.3 Å². The van der Waals surface area contributed by atoms with Crippen LogP contribution in [0.25, 0.3) is 20.9 Å². The SMILES string of the molecule is O=C(c1ccc2ccccc2c1)c1cc2ccccc2s1. The molecule has 100 valence electrons. The second-order valence-electron chi connectivity index (χ2n) is 5.04. The van der Waals surface area contributed by atoms with Crippen molar-refractivity contribution in [2.45, 2.75) is 0 Å². The summed E-state index contributed by atoms with van der Waals surface area (Å²) in [5, 5.41) is 3.39. The van der Waals surface area contributed by atoms with Crippen molar-refractivity contribution in [1.82, 2.24) is 0 Å². The first-order chi connectivity index (χ1) is 10.3. The fraction of sp³-hybridized carbons (Fsp3) is 0. The average molecular weight is 288 g/mol. The molecular weight excluding hydrogens is 276 g/mol. The van der Waals surface area contributed by atoms with E-state index in [1.165, 1.54) is 0 Å². The summed E-state index contributed by atoms with van der Waals surface area (Å²) in [6.45, 7) is 0. The molecule has 1 heterocycles. The Morgan fingerprint density at radius 1 is 0.714 bits per heavy atom. The number of rotatable bonds is 2. The third kappa shape index (κ3) is 2.14. The number of benzene rings is 3. The van der Waals surface area contributed by atoms with Crippen LogP contribution in [0, 0.1) is 0 Å². The topological polar surface area (TPSA) is 17.1 Å². The quantitative estimate of drug-likeness (QED) is 0.458. The Hall–Kier alpha value is -2.45. The summed E-state index contributed by atoms with van der Waals surface area (Å²) < 4.78 is 1.15. The molecule has 0 fully saturated rings. The summed E-state index contributed by atoms with van der Waals surface area (Å²) in [4.78, 5) is 13.5. The Kier molecular flexibility index (Phi) is 2.83. The third-order valence-corrected chi connectivity index (χ3v) is 4.78. The molecule has 2 heteroatoms. The molecule has 0 radical (unpaired) electrons. The zero-order valence-electron chi connectivity index (χ0n) is 11.2. The van der Waals surface area contributed by atoms with E-state index in [4.69, 9.17) is 0 Å². The normalized spacial score (nSPS) is 11.0. The Morgan fingerprint density at radius 2 is 1.43 bits per heavy atom. The minimum Gasteiger partial charge on any atom is -0.288 e. The fourth-order valence-electron chi connectivity index (χ4n) is 2.57. The van der Waals surface area contributed by atoms with Crippen molar-refractivity contribution in [3.8, 4) is 0 Å². The Morgan fingerprint density at radius 3 is 2.24 bits per heavy atom. The van der Waals surface area contributed by atoms with Gasteiger partial charge in [0, 0.05) is 10.3 Å². The molecule has 0 saturated carbocycles. The van der Waals surface area contributed by atoms with E-state index in [0.717, 1.165) is 31.3 Å². The number of hydrogen-bond acceptors (Lipinski definition) is 2. The van der Waals surface area contributed by atoms with E-state index in [-0.39, 0.29) is 5.78 Å². The predicted octanol–water partition coefficient (Wildman–Crippen LogP) is 5.29. The smallest absolute Gasteiger partial charge is 0.203 e. The van der Waals surface area contributed by atoms with Gasteiger partial charge < -0.3 is 0 Å². The summed E-state index contributed by atoms with van der Waals surface area (Å²) in [5.41, 5.74) is 0.750.